The second-order valence-corrected chi connectivity index (χ2v) is 4.07. The number of hydrogen-bond donors (Lipinski definition) is 2. The fourth-order valence-corrected chi connectivity index (χ4v) is 1.63. The van der Waals surface area contributed by atoms with E-state index in [0.717, 1.165) is 0 Å². The Morgan fingerprint density at radius 1 is 1.56 bits per heavy atom. The molecule has 1 amide bonds. The fourth-order valence-electron chi connectivity index (χ4n) is 1.26. The van der Waals surface area contributed by atoms with Gasteiger partial charge in [-0.2, -0.15) is 10.4 Å². The predicted molar refractivity (Wildman–Crippen MR) is 65.4 cm³/mol. The number of carboxylic acid groups (broad SMARTS) is 1. The summed E-state index contributed by atoms with van der Waals surface area (Å²) in [5, 5.41) is 23.5. The van der Waals surface area contributed by atoms with Crippen molar-refractivity contribution >= 4 is 27.7 Å². The van der Waals surface area contributed by atoms with Gasteiger partial charge in [-0.15, -0.1) is 0 Å². The summed E-state index contributed by atoms with van der Waals surface area (Å²) >= 11 is 3.20. The molecule has 0 fully saturated rings. The Labute approximate surface area is 110 Å². The number of halogens is 1. The van der Waals surface area contributed by atoms with E-state index in [0.29, 0.717) is 16.0 Å². The Morgan fingerprint density at radius 2 is 2.33 bits per heavy atom. The van der Waals surface area contributed by atoms with Crippen molar-refractivity contribution in [2.45, 2.75) is 0 Å². The van der Waals surface area contributed by atoms with E-state index in [1.165, 1.54) is 10.9 Å². The van der Waals surface area contributed by atoms with Crippen LogP contribution < -0.4 is 5.32 Å². The van der Waals surface area contributed by atoms with Crippen molar-refractivity contribution in [2.24, 2.45) is 0 Å². The van der Waals surface area contributed by atoms with E-state index in [1.54, 1.807) is 18.3 Å². The summed E-state index contributed by atoms with van der Waals surface area (Å²) in [5.74, 6) is 0.480. The molecule has 0 bridgehead atoms. The Kier molecular flexibility index (Phi) is 3.25. The molecule has 2 aromatic heterocycles. The lowest BCUT2D eigenvalue weighted by molar-refractivity contribution is 0.209. The largest absolute Gasteiger partial charge is 0.465 e. The second-order valence-electron chi connectivity index (χ2n) is 3.22. The molecule has 2 aromatic rings. The minimum Gasteiger partial charge on any atom is -0.465 e. The molecule has 0 unspecified atom stereocenters. The molecule has 0 aliphatic carbocycles. The molecule has 0 aromatic carbocycles. The second kappa shape index (κ2) is 4.85. The Bertz CT molecular complexity index is 629. The average molecular weight is 308 g/mol. The predicted octanol–water partition coefficient (Wildman–Crippen LogP) is 1.99. The molecule has 0 saturated heterocycles. The van der Waals surface area contributed by atoms with Crippen LogP contribution in [-0.2, 0) is 0 Å². The number of nitriles is 1. The number of amides is 1. The average Bonchev–Trinajstić information content (AvgIpc) is 2.71. The third-order valence-electron chi connectivity index (χ3n) is 2.01. The third kappa shape index (κ3) is 2.46. The van der Waals surface area contributed by atoms with Gasteiger partial charge < -0.3 is 5.11 Å². The van der Waals surface area contributed by atoms with Gasteiger partial charge in [-0.3, -0.25) is 5.32 Å². The Balaban J connectivity index is 2.29. The molecule has 2 heterocycles. The summed E-state index contributed by atoms with van der Waals surface area (Å²) in [7, 11) is 0. The molecule has 0 radical (unpaired) electrons. The highest BCUT2D eigenvalue weighted by Gasteiger charge is 2.07. The van der Waals surface area contributed by atoms with Crippen LogP contribution in [-0.4, -0.2) is 26.0 Å². The number of rotatable bonds is 2. The van der Waals surface area contributed by atoms with Gasteiger partial charge >= 0.3 is 6.09 Å². The van der Waals surface area contributed by atoms with E-state index in [1.807, 2.05) is 6.07 Å². The molecule has 0 spiro atoms. The number of carbonyl (C=O) groups is 1. The number of hydrogen-bond acceptors (Lipinski definition) is 4. The first kappa shape index (κ1) is 12.1. The Hall–Kier alpha value is -2.40. The lowest BCUT2D eigenvalue weighted by atomic mass is 10.4. The molecule has 2 N–H and O–H groups in total. The van der Waals surface area contributed by atoms with Crippen molar-refractivity contribution < 1.29 is 9.90 Å². The van der Waals surface area contributed by atoms with Gasteiger partial charge in [0.15, 0.2) is 11.5 Å². The number of nitrogens with zero attached hydrogens (tertiary/aromatic N) is 4. The van der Waals surface area contributed by atoms with E-state index in [2.05, 4.69) is 31.3 Å². The highest BCUT2D eigenvalue weighted by atomic mass is 79.9. The molecule has 2 rings (SSSR count). The first-order valence-corrected chi connectivity index (χ1v) is 5.51. The number of aromatic nitrogens is 3. The molecule has 0 saturated carbocycles. The summed E-state index contributed by atoms with van der Waals surface area (Å²) in [5.41, 5.74) is 0.613. The van der Waals surface area contributed by atoms with Crippen molar-refractivity contribution in [2.75, 3.05) is 5.32 Å². The summed E-state index contributed by atoms with van der Waals surface area (Å²) in [6.07, 6.45) is 1.81. The van der Waals surface area contributed by atoms with E-state index >= 15 is 0 Å². The van der Waals surface area contributed by atoms with Gasteiger partial charge in [0.1, 0.15) is 6.07 Å². The number of anilines is 1. The van der Waals surface area contributed by atoms with E-state index in [-0.39, 0.29) is 5.69 Å². The van der Waals surface area contributed by atoms with Crippen LogP contribution in [0.3, 0.4) is 0 Å². The van der Waals surface area contributed by atoms with Crippen molar-refractivity contribution in [3.63, 3.8) is 0 Å². The summed E-state index contributed by atoms with van der Waals surface area (Å²) < 4.78 is 1.99. The zero-order valence-electron chi connectivity index (χ0n) is 8.83. The molecule has 8 heteroatoms. The maximum atomic E-state index is 10.4. The Morgan fingerprint density at radius 3 is 2.83 bits per heavy atom. The third-order valence-corrected chi connectivity index (χ3v) is 2.59. The van der Waals surface area contributed by atoms with Gasteiger partial charge in [-0.05, 0) is 28.1 Å². The molecular weight excluding hydrogens is 302 g/mol. The highest BCUT2D eigenvalue weighted by Crippen LogP contribution is 2.17. The normalized spacial score (nSPS) is 9.78. The molecule has 0 aliphatic rings. The number of nitrogens with one attached hydrogen (secondary N) is 1. The summed E-state index contributed by atoms with van der Waals surface area (Å²) in [6.45, 7) is 0. The molecule has 7 nitrogen and oxygen atoms in total. The SMILES string of the molecule is N#Cc1nn(-c2ccc(NC(=O)O)cn2)cc1Br. The maximum Gasteiger partial charge on any atom is 0.409 e. The topological polar surface area (TPSA) is 104 Å². The van der Waals surface area contributed by atoms with Gasteiger partial charge in [-0.1, -0.05) is 0 Å². The first-order valence-electron chi connectivity index (χ1n) is 4.72. The number of pyridine rings is 1. The van der Waals surface area contributed by atoms with Crippen LogP contribution >= 0.6 is 15.9 Å². The monoisotopic (exact) mass is 307 g/mol. The van der Waals surface area contributed by atoms with E-state index in [4.69, 9.17) is 10.4 Å². The van der Waals surface area contributed by atoms with Crippen LogP contribution in [0.2, 0.25) is 0 Å². The van der Waals surface area contributed by atoms with Crippen molar-refractivity contribution in [1.29, 1.82) is 5.26 Å². The minimum atomic E-state index is -1.15. The first-order chi connectivity index (χ1) is 8.60. The van der Waals surface area contributed by atoms with Crippen molar-refractivity contribution in [1.82, 2.24) is 14.8 Å². The maximum absolute atomic E-state index is 10.4. The zero-order chi connectivity index (χ0) is 13.1. The summed E-state index contributed by atoms with van der Waals surface area (Å²) in [4.78, 5) is 14.4. The lowest BCUT2D eigenvalue weighted by Crippen LogP contribution is -2.08. The molecule has 0 aliphatic heterocycles. The van der Waals surface area contributed by atoms with E-state index < -0.39 is 6.09 Å². The van der Waals surface area contributed by atoms with Gasteiger partial charge in [0, 0.05) is 6.20 Å². The van der Waals surface area contributed by atoms with Crippen molar-refractivity contribution in [3.05, 3.63) is 34.7 Å². The van der Waals surface area contributed by atoms with Crippen LogP contribution in [0.25, 0.3) is 5.82 Å². The molecule has 90 valence electrons. The summed E-state index contributed by atoms with van der Waals surface area (Å²) in [6, 6.07) is 5.07. The van der Waals surface area contributed by atoms with Crippen LogP contribution in [0.1, 0.15) is 5.69 Å². The van der Waals surface area contributed by atoms with Gasteiger partial charge in [0.2, 0.25) is 0 Å². The van der Waals surface area contributed by atoms with Gasteiger partial charge in [0.25, 0.3) is 0 Å². The van der Waals surface area contributed by atoms with Gasteiger partial charge in [0.05, 0.1) is 16.4 Å². The van der Waals surface area contributed by atoms with Crippen LogP contribution in [0, 0.1) is 11.3 Å². The standard InChI is InChI=1S/C10H6BrN5O2/c11-7-5-16(15-8(7)3-12)9-2-1-6(4-13-9)14-10(17)18/h1-2,4-5,14H,(H,17,18). The smallest absolute Gasteiger partial charge is 0.409 e. The molecular formula is C10H6BrN5O2. The van der Waals surface area contributed by atoms with Gasteiger partial charge in [-0.25, -0.2) is 14.5 Å². The minimum absolute atomic E-state index is 0.254. The zero-order valence-corrected chi connectivity index (χ0v) is 10.4. The van der Waals surface area contributed by atoms with Crippen molar-refractivity contribution in [3.8, 4) is 11.9 Å². The van der Waals surface area contributed by atoms with Crippen LogP contribution in [0.15, 0.2) is 29.0 Å². The van der Waals surface area contributed by atoms with Crippen LogP contribution in [0.5, 0.6) is 0 Å². The quantitative estimate of drug-likeness (QED) is 0.883. The molecule has 0 atom stereocenters. The van der Waals surface area contributed by atoms with Crippen LogP contribution in [0.4, 0.5) is 10.5 Å². The highest BCUT2D eigenvalue weighted by molar-refractivity contribution is 9.10. The molecule has 18 heavy (non-hydrogen) atoms. The lowest BCUT2D eigenvalue weighted by Gasteiger charge is -2.02. The van der Waals surface area contributed by atoms with E-state index in [9.17, 15) is 4.79 Å². The fraction of sp³-hybridized carbons (Fsp3) is 0.